The number of hydrogen-bond donors (Lipinski definition) is 0. The van der Waals surface area contributed by atoms with Crippen LogP contribution in [-0.4, -0.2) is 15.5 Å². The summed E-state index contributed by atoms with van der Waals surface area (Å²) in [5.74, 6) is 0. The summed E-state index contributed by atoms with van der Waals surface area (Å²) in [6.45, 7) is 3.07. The number of hydrogen-bond acceptors (Lipinski definition) is 1. The number of nitrogens with zero attached hydrogens (tertiary/aromatic N) is 2. The van der Waals surface area contributed by atoms with E-state index < -0.39 is 0 Å². The Hall–Kier alpha value is -3.10. The van der Waals surface area contributed by atoms with Crippen molar-refractivity contribution in [1.82, 2.24) is 9.47 Å². The summed E-state index contributed by atoms with van der Waals surface area (Å²) in [6, 6.07) is 37.7. The van der Waals surface area contributed by atoms with Gasteiger partial charge in [0.15, 0.2) is 0 Å². The third kappa shape index (κ3) is 4.10. The topological polar surface area (TPSA) is 8.17 Å². The quantitative estimate of drug-likeness (QED) is 0.381. The standard InChI is InChI=1S/C28H28N2/c1-4-10-23(11-5-1)21-29(22-24-12-6-2-7-13-24)26-18-19-30-27(20-26)16-17-28(30)25-14-8-3-9-15-25/h1-17,26H,18-22H2/t26-/m0/s1. The molecule has 0 radical (unpaired) electrons. The highest BCUT2D eigenvalue weighted by molar-refractivity contribution is 5.61. The van der Waals surface area contributed by atoms with Crippen molar-refractivity contribution < 1.29 is 0 Å². The summed E-state index contributed by atoms with van der Waals surface area (Å²) in [7, 11) is 0. The molecule has 5 rings (SSSR count). The number of rotatable bonds is 6. The zero-order valence-corrected chi connectivity index (χ0v) is 17.3. The third-order valence-electron chi connectivity index (χ3n) is 6.24. The van der Waals surface area contributed by atoms with E-state index in [9.17, 15) is 0 Å². The molecule has 1 aromatic heterocycles. The molecule has 0 bridgehead atoms. The Kier molecular flexibility index (Phi) is 5.50. The molecular formula is C28H28N2. The molecule has 2 nitrogen and oxygen atoms in total. The van der Waals surface area contributed by atoms with Gasteiger partial charge in [0.25, 0.3) is 0 Å². The van der Waals surface area contributed by atoms with E-state index in [0.717, 1.165) is 26.1 Å². The van der Waals surface area contributed by atoms with Gasteiger partial charge in [-0.2, -0.15) is 0 Å². The highest BCUT2D eigenvalue weighted by atomic mass is 15.2. The Bertz CT molecular complexity index is 1030. The van der Waals surface area contributed by atoms with Crippen molar-refractivity contribution in [3.05, 3.63) is 120 Å². The summed E-state index contributed by atoms with van der Waals surface area (Å²) in [5, 5.41) is 0. The first-order valence-electron chi connectivity index (χ1n) is 10.9. The zero-order valence-electron chi connectivity index (χ0n) is 17.3. The molecule has 0 amide bonds. The Balaban J connectivity index is 1.39. The van der Waals surface area contributed by atoms with Crippen LogP contribution in [0, 0.1) is 0 Å². The van der Waals surface area contributed by atoms with Gasteiger partial charge in [0.1, 0.15) is 0 Å². The third-order valence-corrected chi connectivity index (χ3v) is 6.24. The summed E-state index contributed by atoms with van der Waals surface area (Å²) >= 11 is 0. The maximum atomic E-state index is 2.67. The Labute approximate surface area is 179 Å². The van der Waals surface area contributed by atoms with Gasteiger partial charge in [-0.05, 0) is 35.2 Å². The lowest BCUT2D eigenvalue weighted by atomic mass is 10.00. The maximum absolute atomic E-state index is 2.67. The van der Waals surface area contributed by atoms with Gasteiger partial charge >= 0.3 is 0 Å². The highest BCUT2D eigenvalue weighted by Crippen LogP contribution is 2.30. The maximum Gasteiger partial charge on any atom is 0.0482 e. The van der Waals surface area contributed by atoms with Gasteiger partial charge in [-0.15, -0.1) is 0 Å². The van der Waals surface area contributed by atoms with E-state index in [1.165, 1.54) is 34.5 Å². The SMILES string of the molecule is c1ccc(CN(Cc2ccccc2)[C@H]2CCn3c(ccc3-c3ccccc3)C2)cc1. The monoisotopic (exact) mass is 392 g/mol. The molecule has 0 fully saturated rings. The number of fused-ring (bicyclic) bond motifs is 1. The van der Waals surface area contributed by atoms with Crippen LogP contribution < -0.4 is 0 Å². The van der Waals surface area contributed by atoms with Crippen molar-refractivity contribution in [2.24, 2.45) is 0 Å². The summed E-state index contributed by atoms with van der Waals surface area (Å²) in [4.78, 5) is 2.67. The molecule has 0 saturated carbocycles. The molecule has 4 aromatic rings. The lowest BCUT2D eigenvalue weighted by Gasteiger charge is -2.36. The lowest BCUT2D eigenvalue weighted by molar-refractivity contribution is 0.151. The van der Waals surface area contributed by atoms with Gasteiger partial charge in [0, 0.05) is 43.5 Å². The molecule has 1 aliphatic heterocycles. The van der Waals surface area contributed by atoms with Crippen LogP contribution in [0.4, 0.5) is 0 Å². The average molecular weight is 393 g/mol. The normalized spacial score (nSPS) is 15.8. The van der Waals surface area contributed by atoms with Crippen molar-refractivity contribution in [3.8, 4) is 11.3 Å². The second-order valence-electron chi connectivity index (χ2n) is 8.25. The molecule has 2 heterocycles. The van der Waals surface area contributed by atoms with Crippen LogP contribution in [0.1, 0.15) is 23.2 Å². The number of benzene rings is 3. The van der Waals surface area contributed by atoms with E-state index in [2.05, 4.69) is 113 Å². The molecule has 2 heteroatoms. The average Bonchev–Trinajstić information content (AvgIpc) is 3.24. The van der Waals surface area contributed by atoms with Crippen molar-refractivity contribution in [2.45, 2.75) is 38.5 Å². The molecule has 1 atom stereocenters. The molecule has 150 valence electrons. The molecule has 0 N–H and O–H groups in total. The van der Waals surface area contributed by atoms with Gasteiger partial charge in [-0.3, -0.25) is 4.90 Å². The van der Waals surface area contributed by atoms with Crippen LogP contribution in [0.5, 0.6) is 0 Å². The van der Waals surface area contributed by atoms with E-state index in [4.69, 9.17) is 0 Å². The lowest BCUT2D eigenvalue weighted by Crippen LogP contribution is -2.39. The predicted molar refractivity (Wildman–Crippen MR) is 124 cm³/mol. The van der Waals surface area contributed by atoms with Crippen LogP contribution in [0.2, 0.25) is 0 Å². The van der Waals surface area contributed by atoms with Crippen molar-refractivity contribution in [1.29, 1.82) is 0 Å². The van der Waals surface area contributed by atoms with E-state index in [1.807, 2.05) is 0 Å². The first-order chi connectivity index (χ1) is 14.9. The molecule has 1 aliphatic rings. The summed E-state index contributed by atoms with van der Waals surface area (Å²) in [5.41, 5.74) is 6.89. The Morgan fingerprint density at radius 2 is 1.23 bits per heavy atom. The Morgan fingerprint density at radius 1 is 0.667 bits per heavy atom. The minimum Gasteiger partial charge on any atom is -0.345 e. The molecule has 3 aromatic carbocycles. The van der Waals surface area contributed by atoms with Gasteiger partial charge < -0.3 is 4.57 Å². The minimum atomic E-state index is 0.552. The van der Waals surface area contributed by atoms with Crippen LogP contribution in [0.3, 0.4) is 0 Å². The van der Waals surface area contributed by atoms with Crippen molar-refractivity contribution >= 4 is 0 Å². The van der Waals surface area contributed by atoms with E-state index >= 15 is 0 Å². The van der Waals surface area contributed by atoms with Crippen LogP contribution in [-0.2, 0) is 26.1 Å². The zero-order chi connectivity index (χ0) is 20.2. The number of aromatic nitrogens is 1. The minimum absolute atomic E-state index is 0.552. The predicted octanol–water partition coefficient (Wildman–Crippen LogP) is 6.17. The van der Waals surface area contributed by atoms with E-state index in [0.29, 0.717) is 6.04 Å². The molecule has 0 unspecified atom stereocenters. The molecule has 0 aliphatic carbocycles. The fourth-order valence-electron chi connectivity index (χ4n) is 4.70. The Morgan fingerprint density at radius 3 is 1.83 bits per heavy atom. The molecule has 30 heavy (non-hydrogen) atoms. The fourth-order valence-corrected chi connectivity index (χ4v) is 4.70. The van der Waals surface area contributed by atoms with Gasteiger partial charge in [0.2, 0.25) is 0 Å². The van der Waals surface area contributed by atoms with Crippen LogP contribution in [0.15, 0.2) is 103 Å². The van der Waals surface area contributed by atoms with Crippen LogP contribution in [0.25, 0.3) is 11.3 Å². The van der Waals surface area contributed by atoms with Gasteiger partial charge in [-0.25, -0.2) is 0 Å². The highest BCUT2D eigenvalue weighted by Gasteiger charge is 2.26. The van der Waals surface area contributed by atoms with E-state index in [-0.39, 0.29) is 0 Å². The van der Waals surface area contributed by atoms with E-state index in [1.54, 1.807) is 0 Å². The second kappa shape index (κ2) is 8.73. The molecular weight excluding hydrogens is 364 g/mol. The smallest absolute Gasteiger partial charge is 0.0482 e. The first kappa shape index (κ1) is 18.9. The van der Waals surface area contributed by atoms with Crippen LogP contribution >= 0.6 is 0 Å². The summed E-state index contributed by atoms with van der Waals surface area (Å²) in [6.07, 6.45) is 2.29. The molecule has 0 saturated heterocycles. The second-order valence-corrected chi connectivity index (χ2v) is 8.25. The largest absolute Gasteiger partial charge is 0.345 e. The fraction of sp³-hybridized carbons (Fsp3) is 0.214. The summed E-state index contributed by atoms with van der Waals surface area (Å²) < 4.78 is 2.52. The molecule has 0 spiro atoms. The van der Waals surface area contributed by atoms with Crippen molar-refractivity contribution in [3.63, 3.8) is 0 Å². The van der Waals surface area contributed by atoms with Gasteiger partial charge in [0.05, 0.1) is 0 Å². The van der Waals surface area contributed by atoms with Crippen molar-refractivity contribution in [2.75, 3.05) is 0 Å². The first-order valence-corrected chi connectivity index (χ1v) is 10.9. The van der Waals surface area contributed by atoms with Gasteiger partial charge in [-0.1, -0.05) is 91.0 Å².